The van der Waals surface area contributed by atoms with Crippen LogP contribution >= 0.6 is 0 Å². The van der Waals surface area contributed by atoms with Crippen molar-refractivity contribution in [3.8, 4) is 0 Å². The predicted octanol–water partition coefficient (Wildman–Crippen LogP) is 1.23. The molecule has 2 atom stereocenters. The predicted molar refractivity (Wildman–Crippen MR) is 90.5 cm³/mol. The molecule has 2 aliphatic rings. The van der Waals surface area contributed by atoms with E-state index in [0.717, 1.165) is 30.5 Å². The van der Waals surface area contributed by atoms with Gasteiger partial charge < -0.3 is 16.0 Å². The molecule has 1 aliphatic heterocycles. The molecule has 24 heavy (non-hydrogen) atoms. The highest BCUT2D eigenvalue weighted by molar-refractivity contribution is 6.00. The van der Waals surface area contributed by atoms with Gasteiger partial charge in [0.15, 0.2) is 0 Å². The first-order valence-corrected chi connectivity index (χ1v) is 8.49. The molecule has 128 valence electrons. The number of anilines is 1. The molecule has 3 amide bonds. The number of amides is 3. The van der Waals surface area contributed by atoms with Crippen LogP contribution in [0, 0.1) is 11.8 Å². The van der Waals surface area contributed by atoms with Crippen LogP contribution in [-0.4, -0.2) is 30.8 Å². The van der Waals surface area contributed by atoms with Crippen molar-refractivity contribution in [2.45, 2.75) is 32.6 Å². The number of nitrogens with zero attached hydrogens (tertiary/aromatic N) is 1. The Bertz CT molecular complexity index is 686. The van der Waals surface area contributed by atoms with Gasteiger partial charge in [0, 0.05) is 36.7 Å². The average molecular weight is 329 g/mol. The summed E-state index contributed by atoms with van der Waals surface area (Å²) in [6.45, 7) is 3.03. The van der Waals surface area contributed by atoms with E-state index in [-0.39, 0.29) is 24.2 Å². The minimum absolute atomic E-state index is 0.0401. The summed E-state index contributed by atoms with van der Waals surface area (Å²) in [5, 5.41) is 2.84. The fraction of sp³-hybridized carbons (Fsp3) is 0.500. The number of carbonyl (C=O) groups is 3. The van der Waals surface area contributed by atoms with Gasteiger partial charge in [0.2, 0.25) is 17.7 Å². The second-order valence-electron chi connectivity index (χ2n) is 6.68. The Kier molecular flexibility index (Phi) is 4.55. The number of hydrogen-bond donors (Lipinski definition) is 2. The number of primary amides is 1. The molecule has 1 heterocycles. The summed E-state index contributed by atoms with van der Waals surface area (Å²) in [5.41, 5.74) is 7.53. The van der Waals surface area contributed by atoms with Crippen LogP contribution in [0.15, 0.2) is 18.2 Å². The van der Waals surface area contributed by atoms with Crippen molar-refractivity contribution in [3.05, 3.63) is 29.3 Å². The van der Waals surface area contributed by atoms with E-state index in [1.54, 1.807) is 17.0 Å². The van der Waals surface area contributed by atoms with Crippen LogP contribution in [0.5, 0.6) is 0 Å². The Labute approximate surface area is 141 Å². The first-order valence-electron chi connectivity index (χ1n) is 8.49. The van der Waals surface area contributed by atoms with Crippen LogP contribution < -0.4 is 16.0 Å². The van der Waals surface area contributed by atoms with E-state index < -0.39 is 5.91 Å². The maximum absolute atomic E-state index is 12.5. The van der Waals surface area contributed by atoms with Crippen molar-refractivity contribution in [1.29, 1.82) is 0 Å². The van der Waals surface area contributed by atoms with Crippen molar-refractivity contribution < 1.29 is 14.4 Å². The molecule has 6 nitrogen and oxygen atoms in total. The van der Waals surface area contributed by atoms with Gasteiger partial charge in [0.25, 0.3) is 0 Å². The second-order valence-corrected chi connectivity index (χ2v) is 6.68. The maximum atomic E-state index is 12.5. The summed E-state index contributed by atoms with van der Waals surface area (Å²) in [4.78, 5) is 37.6. The number of nitrogens with one attached hydrogen (secondary N) is 1. The van der Waals surface area contributed by atoms with Crippen LogP contribution in [0.1, 0.15) is 42.1 Å². The lowest BCUT2D eigenvalue weighted by molar-refractivity contribution is -0.122. The molecule has 1 fully saturated rings. The summed E-state index contributed by atoms with van der Waals surface area (Å²) in [6, 6.07) is 5.30. The average Bonchev–Trinajstić information content (AvgIpc) is 3.30. The molecular weight excluding hydrogens is 306 g/mol. The van der Waals surface area contributed by atoms with Gasteiger partial charge in [0.1, 0.15) is 0 Å². The molecule has 0 radical (unpaired) electrons. The maximum Gasteiger partial charge on any atom is 0.249 e. The van der Waals surface area contributed by atoms with E-state index in [4.69, 9.17) is 5.73 Å². The third kappa shape index (κ3) is 3.27. The molecule has 3 rings (SSSR count). The molecule has 1 aliphatic carbocycles. The molecule has 0 bridgehead atoms. The van der Waals surface area contributed by atoms with Crippen molar-refractivity contribution >= 4 is 23.4 Å². The number of hydrogen-bond acceptors (Lipinski definition) is 3. The highest BCUT2D eigenvalue weighted by atomic mass is 16.2. The molecule has 0 spiro atoms. The van der Waals surface area contributed by atoms with Crippen molar-refractivity contribution in [1.82, 2.24) is 5.32 Å². The van der Waals surface area contributed by atoms with E-state index >= 15 is 0 Å². The van der Waals surface area contributed by atoms with E-state index in [1.165, 1.54) is 0 Å². The Morgan fingerprint density at radius 3 is 2.75 bits per heavy atom. The van der Waals surface area contributed by atoms with Gasteiger partial charge in [-0.3, -0.25) is 14.4 Å². The van der Waals surface area contributed by atoms with Gasteiger partial charge in [-0.25, -0.2) is 0 Å². The lowest BCUT2D eigenvalue weighted by Gasteiger charge is -2.30. The first kappa shape index (κ1) is 16.5. The molecule has 6 heteroatoms. The van der Waals surface area contributed by atoms with Gasteiger partial charge >= 0.3 is 0 Å². The quantitative estimate of drug-likeness (QED) is 0.851. The zero-order valence-electron chi connectivity index (χ0n) is 13.9. The van der Waals surface area contributed by atoms with E-state index in [2.05, 4.69) is 12.2 Å². The molecule has 1 saturated carbocycles. The fourth-order valence-corrected chi connectivity index (χ4v) is 3.36. The van der Waals surface area contributed by atoms with Crippen LogP contribution in [0.4, 0.5) is 5.69 Å². The van der Waals surface area contributed by atoms with Gasteiger partial charge in [-0.05, 0) is 42.9 Å². The minimum Gasteiger partial charge on any atom is -0.366 e. The zero-order chi connectivity index (χ0) is 17.3. The third-order valence-electron chi connectivity index (χ3n) is 4.90. The van der Waals surface area contributed by atoms with Crippen LogP contribution in [-0.2, 0) is 16.0 Å². The van der Waals surface area contributed by atoms with Crippen molar-refractivity contribution in [2.75, 3.05) is 18.0 Å². The molecular formula is C18H23N3O3. The molecule has 2 unspecified atom stereocenters. The number of benzene rings is 1. The number of rotatable bonds is 5. The van der Waals surface area contributed by atoms with E-state index in [1.807, 2.05) is 6.07 Å². The summed E-state index contributed by atoms with van der Waals surface area (Å²) >= 11 is 0. The Balaban J connectivity index is 1.63. The number of carbonyl (C=O) groups excluding carboxylic acids is 3. The largest absolute Gasteiger partial charge is 0.366 e. The first-order chi connectivity index (χ1) is 11.5. The smallest absolute Gasteiger partial charge is 0.249 e. The summed E-state index contributed by atoms with van der Waals surface area (Å²) in [7, 11) is 0. The summed E-state index contributed by atoms with van der Waals surface area (Å²) in [5.74, 6) is 0.120. The van der Waals surface area contributed by atoms with Gasteiger partial charge in [-0.2, -0.15) is 0 Å². The number of fused-ring (bicyclic) bond motifs is 1. The third-order valence-corrected chi connectivity index (χ3v) is 4.90. The van der Waals surface area contributed by atoms with Crippen LogP contribution in [0.25, 0.3) is 0 Å². The molecule has 0 saturated heterocycles. The monoisotopic (exact) mass is 329 g/mol. The summed E-state index contributed by atoms with van der Waals surface area (Å²) < 4.78 is 0. The second kappa shape index (κ2) is 6.63. The van der Waals surface area contributed by atoms with Gasteiger partial charge in [-0.15, -0.1) is 0 Å². The van der Waals surface area contributed by atoms with Gasteiger partial charge in [0.05, 0.1) is 0 Å². The normalized spacial score (nSPS) is 21.8. The van der Waals surface area contributed by atoms with E-state index in [0.29, 0.717) is 24.6 Å². The zero-order valence-corrected chi connectivity index (χ0v) is 13.9. The molecule has 0 aromatic heterocycles. The molecule has 1 aromatic carbocycles. The van der Waals surface area contributed by atoms with Gasteiger partial charge in [-0.1, -0.05) is 13.0 Å². The Morgan fingerprint density at radius 2 is 2.08 bits per heavy atom. The Morgan fingerprint density at radius 1 is 1.33 bits per heavy atom. The van der Waals surface area contributed by atoms with Crippen LogP contribution in [0.3, 0.4) is 0 Å². The lowest BCUT2D eigenvalue weighted by Crippen LogP contribution is -2.38. The summed E-state index contributed by atoms with van der Waals surface area (Å²) in [6.07, 6.45) is 2.74. The van der Waals surface area contributed by atoms with Crippen molar-refractivity contribution in [3.63, 3.8) is 0 Å². The highest BCUT2D eigenvalue weighted by Crippen LogP contribution is 2.37. The van der Waals surface area contributed by atoms with Crippen LogP contribution in [0.2, 0.25) is 0 Å². The number of nitrogens with two attached hydrogens (primary N) is 1. The van der Waals surface area contributed by atoms with Crippen molar-refractivity contribution in [2.24, 2.45) is 17.6 Å². The topological polar surface area (TPSA) is 92.5 Å². The lowest BCUT2D eigenvalue weighted by atomic mass is 9.95. The SMILES string of the molecule is CC1CC1C(=O)NCCC(=O)N1CCCc2c(C(N)=O)cccc21. The highest BCUT2D eigenvalue weighted by Gasteiger charge is 2.38. The standard InChI is InChI=1S/C18H23N3O3/c1-11-10-14(11)18(24)20-8-7-16(22)21-9-3-5-12-13(17(19)23)4-2-6-15(12)21/h2,4,6,11,14H,3,5,7-10H2,1H3,(H2,19,23)(H,20,24). The van der Waals surface area contributed by atoms with E-state index in [9.17, 15) is 14.4 Å². The molecule has 1 aromatic rings. The fourth-order valence-electron chi connectivity index (χ4n) is 3.36. The minimum atomic E-state index is -0.466. The Hall–Kier alpha value is -2.37. The molecule has 3 N–H and O–H groups in total.